The fraction of sp³-hybridized carbons (Fsp3) is 0.0455. The number of thioether (sulfide) groups is 1. The molecule has 9 nitrogen and oxygen atoms in total. The summed E-state index contributed by atoms with van der Waals surface area (Å²) < 4.78 is 10.5. The Morgan fingerprint density at radius 3 is 2.78 bits per heavy atom. The van der Waals surface area contributed by atoms with E-state index < -0.39 is 10.9 Å². The summed E-state index contributed by atoms with van der Waals surface area (Å²) >= 11 is 1.10. The SMILES string of the molecule is COC(=O)c1ccccc1N=C1NC(=O)/C(=C\c2ccc(-c3cccc([N+](=O)[O-])c3)o2)S1. The van der Waals surface area contributed by atoms with Crippen LogP contribution in [-0.2, 0) is 9.53 Å². The Hall–Kier alpha value is -4.18. The molecule has 1 N–H and O–H groups in total. The van der Waals surface area contributed by atoms with Crippen molar-refractivity contribution in [2.45, 2.75) is 0 Å². The van der Waals surface area contributed by atoms with E-state index in [4.69, 9.17) is 9.15 Å². The van der Waals surface area contributed by atoms with E-state index in [-0.39, 0.29) is 17.2 Å². The van der Waals surface area contributed by atoms with Gasteiger partial charge in [-0.05, 0) is 36.0 Å². The van der Waals surface area contributed by atoms with Crippen molar-refractivity contribution < 1.29 is 23.7 Å². The Kier molecular flexibility index (Phi) is 5.86. The van der Waals surface area contributed by atoms with E-state index in [2.05, 4.69) is 10.3 Å². The number of amides is 1. The lowest BCUT2D eigenvalue weighted by Crippen LogP contribution is -2.19. The number of para-hydroxylation sites is 1. The summed E-state index contributed by atoms with van der Waals surface area (Å²) in [5.74, 6) is -0.0536. The first-order valence-electron chi connectivity index (χ1n) is 9.26. The number of hydrogen-bond acceptors (Lipinski definition) is 8. The summed E-state index contributed by atoms with van der Waals surface area (Å²) in [6.07, 6.45) is 1.55. The van der Waals surface area contributed by atoms with Gasteiger partial charge >= 0.3 is 5.97 Å². The van der Waals surface area contributed by atoms with Crippen LogP contribution in [0.4, 0.5) is 11.4 Å². The third kappa shape index (κ3) is 4.44. The Morgan fingerprint density at radius 1 is 1.19 bits per heavy atom. The number of hydrogen-bond donors (Lipinski definition) is 1. The molecule has 0 bridgehead atoms. The summed E-state index contributed by atoms with van der Waals surface area (Å²) in [6, 6.07) is 16.1. The highest BCUT2D eigenvalue weighted by Crippen LogP contribution is 2.31. The third-order valence-electron chi connectivity index (χ3n) is 4.42. The molecule has 1 aliphatic rings. The Labute approximate surface area is 185 Å². The van der Waals surface area contributed by atoms with Gasteiger partial charge < -0.3 is 14.5 Å². The van der Waals surface area contributed by atoms with Crippen LogP contribution in [0.3, 0.4) is 0 Å². The number of nitro benzene ring substituents is 1. The predicted molar refractivity (Wildman–Crippen MR) is 119 cm³/mol. The first kappa shape index (κ1) is 21.1. The number of esters is 1. The molecule has 1 fully saturated rings. The number of benzene rings is 2. The van der Waals surface area contributed by atoms with Crippen molar-refractivity contribution in [1.29, 1.82) is 0 Å². The van der Waals surface area contributed by atoms with Gasteiger partial charge in [0, 0.05) is 23.8 Å². The zero-order valence-electron chi connectivity index (χ0n) is 16.6. The van der Waals surface area contributed by atoms with Crippen molar-refractivity contribution in [1.82, 2.24) is 5.32 Å². The number of furan rings is 1. The third-order valence-corrected chi connectivity index (χ3v) is 5.33. The van der Waals surface area contributed by atoms with Crippen LogP contribution in [0, 0.1) is 10.1 Å². The first-order chi connectivity index (χ1) is 15.4. The highest BCUT2D eigenvalue weighted by atomic mass is 32.2. The number of non-ortho nitro benzene ring substituents is 1. The molecular formula is C22H15N3O6S. The normalized spacial score (nSPS) is 15.7. The van der Waals surface area contributed by atoms with Gasteiger partial charge in [-0.15, -0.1) is 0 Å². The fourth-order valence-electron chi connectivity index (χ4n) is 2.93. The average Bonchev–Trinajstić information content (AvgIpc) is 3.40. The minimum absolute atomic E-state index is 0.0439. The van der Waals surface area contributed by atoms with Gasteiger partial charge in [0.1, 0.15) is 11.5 Å². The molecule has 0 aliphatic carbocycles. The van der Waals surface area contributed by atoms with E-state index in [1.54, 1.807) is 54.6 Å². The van der Waals surface area contributed by atoms with E-state index in [0.29, 0.717) is 32.8 Å². The minimum atomic E-state index is -0.528. The largest absolute Gasteiger partial charge is 0.465 e. The van der Waals surface area contributed by atoms with Gasteiger partial charge in [0.2, 0.25) is 0 Å². The van der Waals surface area contributed by atoms with Crippen molar-refractivity contribution in [3.05, 3.63) is 87.0 Å². The summed E-state index contributed by atoms with van der Waals surface area (Å²) in [5.41, 5.74) is 1.16. The van der Waals surface area contributed by atoms with Crippen LogP contribution in [0.2, 0.25) is 0 Å². The highest BCUT2D eigenvalue weighted by molar-refractivity contribution is 8.18. The molecule has 160 valence electrons. The molecule has 1 amide bonds. The van der Waals surface area contributed by atoms with Gasteiger partial charge in [0.25, 0.3) is 11.6 Å². The summed E-state index contributed by atoms with van der Waals surface area (Å²) in [7, 11) is 1.28. The standard InChI is InChI=1S/C22H15N3O6S/c1-30-21(27)16-7-2-3-8-17(16)23-22-24-20(26)19(32-22)12-15-9-10-18(31-15)13-5-4-6-14(11-13)25(28)29/h2-12H,1H3,(H,23,24,26)/b19-12+. The van der Waals surface area contributed by atoms with Crippen LogP contribution in [0.1, 0.15) is 16.1 Å². The predicted octanol–water partition coefficient (Wildman–Crippen LogP) is 4.53. The van der Waals surface area contributed by atoms with Crippen molar-refractivity contribution in [3.8, 4) is 11.3 Å². The summed E-state index contributed by atoms with van der Waals surface area (Å²) in [4.78, 5) is 39.5. The molecule has 32 heavy (non-hydrogen) atoms. The number of aliphatic imine (C=N–C) groups is 1. The zero-order valence-corrected chi connectivity index (χ0v) is 17.4. The molecule has 1 aliphatic heterocycles. The maximum absolute atomic E-state index is 12.4. The smallest absolute Gasteiger partial charge is 0.340 e. The van der Waals surface area contributed by atoms with E-state index in [1.807, 2.05) is 0 Å². The molecule has 10 heteroatoms. The van der Waals surface area contributed by atoms with Crippen LogP contribution >= 0.6 is 11.8 Å². The lowest BCUT2D eigenvalue weighted by atomic mass is 10.1. The number of nitro groups is 1. The Bertz CT molecular complexity index is 1290. The van der Waals surface area contributed by atoms with E-state index in [1.165, 1.54) is 19.2 Å². The maximum atomic E-state index is 12.4. The van der Waals surface area contributed by atoms with Gasteiger partial charge in [0.05, 0.1) is 28.2 Å². The Morgan fingerprint density at radius 2 is 2.00 bits per heavy atom. The number of nitrogens with one attached hydrogen (secondary N) is 1. The fourth-order valence-corrected chi connectivity index (χ4v) is 3.75. The summed E-state index contributed by atoms with van der Waals surface area (Å²) in [5, 5.41) is 13.9. The number of rotatable bonds is 5. The molecule has 0 unspecified atom stereocenters. The van der Waals surface area contributed by atoms with Crippen LogP contribution in [0.25, 0.3) is 17.4 Å². The second kappa shape index (κ2) is 8.90. The van der Waals surface area contributed by atoms with Crippen LogP contribution < -0.4 is 5.32 Å². The Balaban J connectivity index is 1.57. The lowest BCUT2D eigenvalue weighted by Gasteiger charge is -2.03. The first-order valence-corrected chi connectivity index (χ1v) is 10.1. The molecule has 1 aromatic heterocycles. The topological polar surface area (TPSA) is 124 Å². The molecule has 0 saturated carbocycles. The van der Waals surface area contributed by atoms with Crippen molar-refractivity contribution in [2.24, 2.45) is 4.99 Å². The minimum Gasteiger partial charge on any atom is -0.465 e. The average molecular weight is 449 g/mol. The quantitative estimate of drug-likeness (QED) is 0.263. The molecular weight excluding hydrogens is 434 g/mol. The van der Waals surface area contributed by atoms with E-state index in [0.717, 1.165) is 11.8 Å². The number of methoxy groups -OCH3 is 1. The molecule has 2 heterocycles. The van der Waals surface area contributed by atoms with Gasteiger partial charge in [-0.25, -0.2) is 9.79 Å². The van der Waals surface area contributed by atoms with Crippen molar-refractivity contribution in [2.75, 3.05) is 7.11 Å². The highest BCUT2D eigenvalue weighted by Gasteiger charge is 2.25. The number of ether oxygens (including phenoxy) is 1. The second-order valence-electron chi connectivity index (χ2n) is 6.50. The molecule has 0 spiro atoms. The van der Waals surface area contributed by atoms with Gasteiger partial charge in [-0.1, -0.05) is 24.3 Å². The van der Waals surface area contributed by atoms with Gasteiger partial charge in [0.15, 0.2) is 5.17 Å². The molecule has 0 radical (unpaired) electrons. The second-order valence-corrected chi connectivity index (χ2v) is 7.53. The van der Waals surface area contributed by atoms with E-state index in [9.17, 15) is 19.7 Å². The number of carbonyl (C=O) groups is 2. The van der Waals surface area contributed by atoms with Crippen molar-refractivity contribution >= 4 is 46.3 Å². The van der Waals surface area contributed by atoms with Gasteiger partial charge in [-0.2, -0.15) is 0 Å². The molecule has 2 aromatic carbocycles. The molecule has 0 atom stereocenters. The van der Waals surface area contributed by atoms with Crippen LogP contribution in [0.15, 0.2) is 75.0 Å². The number of amidine groups is 1. The molecule has 4 rings (SSSR count). The van der Waals surface area contributed by atoms with E-state index >= 15 is 0 Å². The number of nitrogens with zero attached hydrogens (tertiary/aromatic N) is 2. The molecule has 1 saturated heterocycles. The monoisotopic (exact) mass is 449 g/mol. The van der Waals surface area contributed by atoms with Crippen LogP contribution in [0.5, 0.6) is 0 Å². The maximum Gasteiger partial charge on any atom is 0.340 e. The van der Waals surface area contributed by atoms with Crippen LogP contribution in [-0.4, -0.2) is 29.1 Å². The number of carbonyl (C=O) groups excluding carboxylic acids is 2. The lowest BCUT2D eigenvalue weighted by molar-refractivity contribution is -0.384. The van der Waals surface area contributed by atoms with Crippen molar-refractivity contribution in [3.63, 3.8) is 0 Å². The summed E-state index contributed by atoms with van der Waals surface area (Å²) in [6.45, 7) is 0. The van der Waals surface area contributed by atoms with Gasteiger partial charge in [-0.3, -0.25) is 14.9 Å². The molecule has 3 aromatic rings. The zero-order chi connectivity index (χ0) is 22.7.